The molecule has 0 saturated carbocycles. The third kappa shape index (κ3) is 4.39. The number of carbonyl (C=O) groups excluding carboxylic acids is 1. The van der Waals surface area contributed by atoms with Crippen LogP contribution in [0, 0.1) is 0 Å². The van der Waals surface area contributed by atoms with Crippen molar-refractivity contribution in [2.24, 2.45) is 5.73 Å². The number of nitrogens with two attached hydrogens (primary N) is 1. The number of methoxy groups -OCH3 is 3. The summed E-state index contributed by atoms with van der Waals surface area (Å²) in [4.78, 5) is 13.6. The van der Waals surface area contributed by atoms with E-state index >= 15 is 0 Å². The summed E-state index contributed by atoms with van der Waals surface area (Å²) in [5.74, 6) is -0.394. The van der Waals surface area contributed by atoms with Crippen molar-refractivity contribution < 1.29 is 19.0 Å². The SMILES string of the molecule is COC(=O)C(N)Cc1ccc(-c2ccc(C(OC)OC)cc2)s1. The van der Waals surface area contributed by atoms with E-state index in [1.807, 2.05) is 36.4 Å². The van der Waals surface area contributed by atoms with E-state index in [1.165, 1.54) is 7.11 Å². The fourth-order valence-corrected chi connectivity index (χ4v) is 3.34. The van der Waals surface area contributed by atoms with Gasteiger partial charge in [-0.15, -0.1) is 11.3 Å². The zero-order valence-corrected chi connectivity index (χ0v) is 14.3. The second-order valence-corrected chi connectivity index (χ2v) is 6.19. The Morgan fingerprint density at radius 1 is 1.09 bits per heavy atom. The average molecular weight is 335 g/mol. The minimum absolute atomic E-state index is 0.360. The van der Waals surface area contributed by atoms with Crippen molar-refractivity contribution in [2.75, 3.05) is 21.3 Å². The normalized spacial score (nSPS) is 12.4. The molecule has 0 aliphatic rings. The van der Waals surface area contributed by atoms with Crippen LogP contribution in [0.2, 0.25) is 0 Å². The summed E-state index contributed by atoms with van der Waals surface area (Å²) >= 11 is 1.62. The average Bonchev–Trinajstić information content (AvgIpc) is 3.04. The maximum absolute atomic E-state index is 11.4. The zero-order chi connectivity index (χ0) is 16.8. The highest BCUT2D eigenvalue weighted by atomic mass is 32.1. The van der Waals surface area contributed by atoms with Crippen LogP contribution >= 0.6 is 11.3 Å². The Morgan fingerprint density at radius 3 is 2.30 bits per heavy atom. The van der Waals surface area contributed by atoms with E-state index in [9.17, 15) is 4.79 Å². The number of benzene rings is 1. The summed E-state index contributed by atoms with van der Waals surface area (Å²) in [5.41, 5.74) is 7.86. The Kier molecular flexibility index (Phi) is 6.29. The highest BCUT2D eigenvalue weighted by Crippen LogP contribution is 2.30. The van der Waals surface area contributed by atoms with Crippen molar-refractivity contribution in [3.63, 3.8) is 0 Å². The molecule has 2 N–H and O–H groups in total. The van der Waals surface area contributed by atoms with E-state index in [-0.39, 0.29) is 6.29 Å². The van der Waals surface area contributed by atoms with Gasteiger partial charge in [0.25, 0.3) is 0 Å². The Hall–Kier alpha value is -1.73. The van der Waals surface area contributed by atoms with E-state index in [2.05, 4.69) is 4.74 Å². The van der Waals surface area contributed by atoms with Crippen molar-refractivity contribution in [2.45, 2.75) is 18.8 Å². The van der Waals surface area contributed by atoms with E-state index in [1.54, 1.807) is 25.6 Å². The van der Waals surface area contributed by atoms with Crippen LogP contribution in [0.1, 0.15) is 16.7 Å². The lowest BCUT2D eigenvalue weighted by atomic mass is 10.1. The molecule has 1 aromatic carbocycles. The van der Waals surface area contributed by atoms with Gasteiger partial charge in [0, 0.05) is 36.0 Å². The fourth-order valence-electron chi connectivity index (χ4n) is 2.27. The number of hydrogen-bond acceptors (Lipinski definition) is 6. The molecule has 23 heavy (non-hydrogen) atoms. The quantitative estimate of drug-likeness (QED) is 0.622. The Labute approximate surface area is 140 Å². The lowest BCUT2D eigenvalue weighted by molar-refractivity contribution is -0.142. The molecule has 1 heterocycles. The molecular formula is C17H21NO4S. The molecule has 1 aromatic heterocycles. The summed E-state index contributed by atoms with van der Waals surface area (Å²) in [6.07, 6.45) is 0.117. The Morgan fingerprint density at radius 2 is 1.74 bits per heavy atom. The van der Waals surface area contributed by atoms with Gasteiger partial charge in [0.05, 0.1) is 7.11 Å². The zero-order valence-electron chi connectivity index (χ0n) is 13.4. The predicted molar refractivity (Wildman–Crippen MR) is 90.2 cm³/mol. The highest BCUT2D eigenvalue weighted by molar-refractivity contribution is 7.15. The number of ether oxygens (including phenoxy) is 3. The van der Waals surface area contributed by atoms with Crippen LogP contribution in [0.5, 0.6) is 0 Å². The van der Waals surface area contributed by atoms with Gasteiger partial charge < -0.3 is 19.9 Å². The van der Waals surface area contributed by atoms with E-state index in [0.29, 0.717) is 6.42 Å². The van der Waals surface area contributed by atoms with E-state index < -0.39 is 12.0 Å². The summed E-state index contributed by atoms with van der Waals surface area (Å²) < 4.78 is 15.1. The lowest BCUT2D eigenvalue weighted by Crippen LogP contribution is -2.33. The molecule has 0 aliphatic carbocycles. The van der Waals surface area contributed by atoms with Gasteiger partial charge in [0.1, 0.15) is 6.04 Å². The molecule has 2 aromatic rings. The van der Waals surface area contributed by atoms with Crippen LogP contribution in [-0.2, 0) is 25.4 Å². The number of esters is 1. The molecule has 0 radical (unpaired) electrons. The predicted octanol–water partition coefficient (Wildman–Crippen LogP) is 2.75. The van der Waals surface area contributed by atoms with Crippen LogP contribution in [0.3, 0.4) is 0 Å². The molecule has 0 bridgehead atoms. The maximum Gasteiger partial charge on any atom is 0.323 e. The third-order valence-corrected chi connectivity index (χ3v) is 4.64. The number of thiophene rings is 1. The molecule has 1 unspecified atom stereocenters. The van der Waals surface area contributed by atoms with Crippen LogP contribution in [0.25, 0.3) is 10.4 Å². The van der Waals surface area contributed by atoms with Gasteiger partial charge >= 0.3 is 5.97 Å². The van der Waals surface area contributed by atoms with Gasteiger partial charge in [-0.25, -0.2) is 0 Å². The lowest BCUT2D eigenvalue weighted by Gasteiger charge is -2.13. The van der Waals surface area contributed by atoms with Crippen molar-refractivity contribution in [1.29, 1.82) is 0 Å². The molecule has 2 rings (SSSR count). The monoisotopic (exact) mass is 335 g/mol. The first-order valence-electron chi connectivity index (χ1n) is 7.17. The molecule has 6 heteroatoms. The molecule has 1 atom stereocenters. The summed E-state index contributed by atoms with van der Waals surface area (Å²) in [6, 6.07) is 11.4. The first kappa shape index (κ1) is 17.6. The Bertz CT molecular complexity index is 634. The minimum Gasteiger partial charge on any atom is -0.468 e. The smallest absolute Gasteiger partial charge is 0.323 e. The molecule has 0 amide bonds. The molecule has 124 valence electrons. The van der Waals surface area contributed by atoms with Crippen LogP contribution in [0.15, 0.2) is 36.4 Å². The topological polar surface area (TPSA) is 70.8 Å². The van der Waals surface area contributed by atoms with Crippen molar-refractivity contribution in [1.82, 2.24) is 0 Å². The van der Waals surface area contributed by atoms with Crippen molar-refractivity contribution in [3.8, 4) is 10.4 Å². The van der Waals surface area contributed by atoms with Crippen LogP contribution in [-0.4, -0.2) is 33.3 Å². The standard InChI is InChI=1S/C17H21NO4S/c1-20-16(19)14(18)10-13-8-9-15(23-13)11-4-6-12(7-5-11)17(21-2)22-3/h4-9,14,17H,10,18H2,1-3H3. The summed E-state index contributed by atoms with van der Waals surface area (Å²) in [6.45, 7) is 0. The van der Waals surface area contributed by atoms with E-state index in [4.69, 9.17) is 15.2 Å². The van der Waals surface area contributed by atoms with E-state index in [0.717, 1.165) is 20.9 Å². The largest absolute Gasteiger partial charge is 0.468 e. The fraction of sp³-hybridized carbons (Fsp3) is 0.353. The van der Waals surface area contributed by atoms with Crippen LogP contribution < -0.4 is 5.73 Å². The first-order chi connectivity index (χ1) is 11.1. The van der Waals surface area contributed by atoms with Gasteiger partial charge in [0.2, 0.25) is 0 Å². The van der Waals surface area contributed by atoms with Gasteiger partial charge in [-0.2, -0.15) is 0 Å². The summed E-state index contributed by atoms with van der Waals surface area (Å²) in [7, 11) is 4.56. The minimum atomic E-state index is -0.627. The Balaban J connectivity index is 2.10. The number of hydrogen-bond donors (Lipinski definition) is 1. The molecule has 0 fully saturated rings. The molecular weight excluding hydrogens is 314 g/mol. The maximum atomic E-state index is 11.4. The number of carbonyl (C=O) groups is 1. The third-order valence-electron chi connectivity index (χ3n) is 3.48. The van der Waals surface area contributed by atoms with Crippen LogP contribution in [0.4, 0.5) is 0 Å². The van der Waals surface area contributed by atoms with Crippen molar-refractivity contribution in [3.05, 3.63) is 46.8 Å². The van der Waals surface area contributed by atoms with Gasteiger partial charge in [0.15, 0.2) is 6.29 Å². The van der Waals surface area contributed by atoms with Gasteiger partial charge in [-0.05, 0) is 17.7 Å². The first-order valence-corrected chi connectivity index (χ1v) is 7.98. The number of rotatable bonds is 7. The van der Waals surface area contributed by atoms with Gasteiger partial charge in [-0.1, -0.05) is 24.3 Å². The second kappa shape index (κ2) is 8.21. The summed E-state index contributed by atoms with van der Waals surface area (Å²) in [5, 5.41) is 0. The highest BCUT2D eigenvalue weighted by Gasteiger charge is 2.16. The molecule has 0 aliphatic heterocycles. The van der Waals surface area contributed by atoms with Gasteiger partial charge in [-0.3, -0.25) is 4.79 Å². The molecule has 5 nitrogen and oxygen atoms in total. The van der Waals surface area contributed by atoms with Crippen molar-refractivity contribution >= 4 is 17.3 Å². The molecule has 0 saturated heterocycles. The molecule has 0 spiro atoms. The second-order valence-electron chi connectivity index (χ2n) is 5.03.